The Labute approximate surface area is 129 Å². The van der Waals surface area contributed by atoms with Crippen molar-refractivity contribution in [3.05, 3.63) is 69.3 Å². The van der Waals surface area contributed by atoms with Gasteiger partial charge in [0.15, 0.2) is 0 Å². The molecule has 0 aromatic heterocycles. The molecule has 0 saturated heterocycles. The van der Waals surface area contributed by atoms with Crippen molar-refractivity contribution in [2.45, 2.75) is 19.6 Å². The molecule has 1 heterocycles. The Morgan fingerprint density at radius 3 is 2.73 bits per heavy atom. The van der Waals surface area contributed by atoms with Crippen molar-refractivity contribution in [1.82, 2.24) is 4.90 Å². The number of rotatable bonds is 4. The van der Waals surface area contributed by atoms with Crippen molar-refractivity contribution in [3.63, 3.8) is 0 Å². The van der Waals surface area contributed by atoms with E-state index in [0.29, 0.717) is 6.61 Å². The predicted molar refractivity (Wildman–Crippen MR) is 83.9 cm³/mol. The minimum absolute atomic E-state index is 0.0995. The van der Waals surface area contributed by atoms with Crippen molar-refractivity contribution >= 4 is 5.69 Å². The third-order valence-electron chi connectivity index (χ3n) is 3.96. The summed E-state index contributed by atoms with van der Waals surface area (Å²) >= 11 is 0. The third kappa shape index (κ3) is 3.09. The molecule has 2 aromatic rings. The van der Waals surface area contributed by atoms with Gasteiger partial charge in [-0.1, -0.05) is 12.1 Å². The molecule has 0 unspecified atom stereocenters. The number of non-ortho nitro benzene ring substituents is 1. The van der Waals surface area contributed by atoms with Crippen LogP contribution in [0.5, 0.6) is 5.75 Å². The molecule has 22 heavy (non-hydrogen) atoms. The van der Waals surface area contributed by atoms with Gasteiger partial charge in [0.05, 0.1) is 4.92 Å². The summed E-state index contributed by atoms with van der Waals surface area (Å²) in [4.78, 5) is 12.5. The zero-order valence-electron chi connectivity index (χ0n) is 12.5. The molecule has 0 bridgehead atoms. The number of fused-ring (bicyclic) bond motifs is 1. The van der Waals surface area contributed by atoms with Crippen LogP contribution in [0.3, 0.4) is 0 Å². The van der Waals surface area contributed by atoms with Gasteiger partial charge in [-0.2, -0.15) is 0 Å². The number of nitrogens with zero attached hydrogens (tertiary/aromatic N) is 2. The lowest BCUT2D eigenvalue weighted by Crippen LogP contribution is -2.26. The highest BCUT2D eigenvalue weighted by Gasteiger charge is 2.17. The molecule has 0 aliphatic carbocycles. The number of hydrogen-bond acceptors (Lipinski definition) is 4. The molecule has 0 fully saturated rings. The summed E-state index contributed by atoms with van der Waals surface area (Å²) in [7, 11) is 2.11. The Hall–Kier alpha value is -2.40. The van der Waals surface area contributed by atoms with Crippen LogP contribution in [0.4, 0.5) is 5.69 Å². The van der Waals surface area contributed by atoms with Crippen LogP contribution in [0.15, 0.2) is 42.5 Å². The molecule has 5 heteroatoms. The van der Waals surface area contributed by atoms with E-state index in [1.54, 1.807) is 12.1 Å². The summed E-state index contributed by atoms with van der Waals surface area (Å²) in [6.07, 6.45) is 1.04. The SMILES string of the molecule is CN1CCc2cccc(OCc3ccc([N+](=O)[O-])cc3)c2C1. The Balaban J connectivity index is 1.73. The second kappa shape index (κ2) is 6.15. The van der Waals surface area contributed by atoms with Crippen LogP contribution in [0.1, 0.15) is 16.7 Å². The minimum Gasteiger partial charge on any atom is -0.489 e. The zero-order valence-corrected chi connectivity index (χ0v) is 12.5. The highest BCUT2D eigenvalue weighted by atomic mass is 16.6. The Morgan fingerprint density at radius 2 is 2.00 bits per heavy atom. The van der Waals surface area contributed by atoms with E-state index in [1.165, 1.54) is 23.3 Å². The molecule has 0 amide bonds. The molecule has 0 radical (unpaired) electrons. The number of likely N-dealkylation sites (N-methyl/N-ethyl adjacent to an activating group) is 1. The maximum Gasteiger partial charge on any atom is 0.269 e. The first-order chi connectivity index (χ1) is 10.6. The molecule has 2 aromatic carbocycles. The number of nitro benzene ring substituents is 1. The quantitative estimate of drug-likeness (QED) is 0.642. The number of nitro groups is 1. The van der Waals surface area contributed by atoms with E-state index in [4.69, 9.17) is 4.74 Å². The van der Waals surface area contributed by atoms with Crippen LogP contribution < -0.4 is 4.74 Å². The lowest BCUT2D eigenvalue weighted by Gasteiger charge is -2.26. The number of ether oxygens (including phenoxy) is 1. The Kier molecular flexibility index (Phi) is 4.06. The van der Waals surface area contributed by atoms with Crippen LogP contribution in [0.2, 0.25) is 0 Å². The fraction of sp³-hybridized carbons (Fsp3) is 0.294. The molecular formula is C17H18N2O3. The third-order valence-corrected chi connectivity index (χ3v) is 3.96. The van der Waals surface area contributed by atoms with Crippen LogP contribution in [0, 0.1) is 10.1 Å². The first-order valence-electron chi connectivity index (χ1n) is 7.29. The standard InChI is InChI=1S/C17H18N2O3/c1-18-10-9-14-3-2-4-17(16(14)11-18)22-12-13-5-7-15(8-6-13)19(20)21/h2-8H,9-12H2,1H3. The van der Waals surface area contributed by atoms with Gasteiger partial charge >= 0.3 is 0 Å². The summed E-state index contributed by atoms with van der Waals surface area (Å²) < 4.78 is 5.94. The van der Waals surface area contributed by atoms with E-state index in [9.17, 15) is 10.1 Å². The van der Waals surface area contributed by atoms with Crippen molar-refractivity contribution in [2.75, 3.05) is 13.6 Å². The predicted octanol–water partition coefficient (Wildman–Crippen LogP) is 3.16. The van der Waals surface area contributed by atoms with Gasteiger partial charge in [-0.25, -0.2) is 0 Å². The van der Waals surface area contributed by atoms with E-state index in [2.05, 4.69) is 18.0 Å². The summed E-state index contributed by atoms with van der Waals surface area (Å²) in [5.74, 6) is 0.905. The van der Waals surface area contributed by atoms with Gasteiger partial charge in [-0.05, 0) is 42.8 Å². The molecule has 0 spiro atoms. The average molecular weight is 298 g/mol. The summed E-state index contributed by atoms with van der Waals surface area (Å²) in [5, 5.41) is 10.7. The fourth-order valence-electron chi connectivity index (χ4n) is 2.70. The second-order valence-electron chi connectivity index (χ2n) is 5.59. The van der Waals surface area contributed by atoms with E-state index in [0.717, 1.165) is 30.8 Å². The molecule has 0 saturated carbocycles. The van der Waals surface area contributed by atoms with Gasteiger partial charge in [0.2, 0.25) is 0 Å². The van der Waals surface area contributed by atoms with Gasteiger partial charge in [-0.15, -0.1) is 0 Å². The second-order valence-corrected chi connectivity index (χ2v) is 5.59. The van der Waals surface area contributed by atoms with Gasteiger partial charge in [0.25, 0.3) is 5.69 Å². The monoisotopic (exact) mass is 298 g/mol. The molecule has 114 valence electrons. The van der Waals surface area contributed by atoms with Gasteiger partial charge in [0.1, 0.15) is 12.4 Å². The molecule has 5 nitrogen and oxygen atoms in total. The van der Waals surface area contributed by atoms with Crippen molar-refractivity contribution in [3.8, 4) is 5.75 Å². The van der Waals surface area contributed by atoms with E-state index >= 15 is 0 Å². The average Bonchev–Trinajstić information content (AvgIpc) is 2.53. The maximum atomic E-state index is 10.7. The normalized spacial score (nSPS) is 14.4. The Bertz CT molecular complexity index is 683. The van der Waals surface area contributed by atoms with Crippen LogP contribution in [-0.2, 0) is 19.6 Å². The summed E-state index contributed by atoms with van der Waals surface area (Å²) in [6.45, 7) is 2.38. The van der Waals surface area contributed by atoms with Crippen LogP contribution >= 0.6 is 0 Å². The van der Waals surface area contributed by atoms with Gasteiger partial charge in [0, 0.05) is 30.8 Å². The van der Waals surface area contributed by atoms with Crippen LogP contribution in [0.25, 0.3) is 0 Å². The maximum absolute atomic E-state index is 10.7. The van der Waals surface area contributed by atoms with E-state index in [-0.39, 0.29) is 5.69 Å². The number of benzene rings is 2. The molecular weight excluding hydrogens is 280 g/mol. The van der Waals surface area contributed by atoms with Crippen molar-refractivity contribution in [1.29, 1.82) is 0 Å². The molecule has 1 aliphatic rings. The number of hydrogen-bond donors (Lipinski definition) is 0. The zero-order chi connectivity index (χ0) is 15.5. The summed E-state index contributed by atoms with van der Waals surface area (Å²) in [5.41, 5.74) is 3.62. The summed E-state index contributed by atoms with van der Waals surface area (Å²) in [6, 6.07) is 12.7. The smallest absolute Gasteiger partial charge is 0.269 e. The molecule has 0 N–H and O–H groups in total. The lowest BCUT2D eigenvalue weighted by atomic mass is 9.99. The Morgan fingerprint density at radius 1 is 1.23 bits per heavy atom. The van der Waals surface area contributed by atoms with E-state index in [1.807, 2.05) is 12.1 Å². The molecule has 0 atom stereocenters. The fourth-order valence-corrected chi connectivity index (χ4v) is 2.70. The highest BCUT2D eigenvalue weighted by Crippen LogP contribution is 2.28. The van der Waals surface area contributed by atoms with Crippen molar-refractivity contribution < 1.29 is 9.66 Å². The largest absolute Gasteiger partial charge is 0.489 e. The highest BCUT2D eigenvalue weighted by molar-refractivity contribution is 5.42. The minimum atomic E-state index is -0.395. The van der Waals surface area contributed by atoms with E-state index < -0.39 is 4.92 Å². The molecule has 3 rings (SSSR count). The lowest BCUT2D eigenvalue weighted by molar-refractivity contribution is -0.384. The van der Waals surface area contributed by atoms with Crippen molar-refractivity contribution in [2.24, 2.45) is 0 Å². The van der Waals surface area contributed by atoms with Crippen LogP contribution in [-0.4, -0.2) is 23.4 Å². The molecule has 1 aliphatic heterocycles. The van der Waals surface area contributed by atoms with Gasteiger partial charge < -0.3 is 9.64 Å². The first-order valence-corrected chi connectivity index (χ1v) is 7.29. The topological polar surface area (TPSA) is 55.6 Å². The first kappa shape index (κ1) is 14.5. The van der Waals surface area contributed by atoms with Gasteiger partial charge in [-0.3, -0.25) is 10.1 Å².